The Morgan fingerprint density at radius 3 is 1.79 bits per heavy atom. The number of nitrogens with zero attached hydrogens (tertiary/aromatic N) is 2. The SMILES string of the molecule is CCN(CC)CC.CCN(CC)CC.CCNc1ccc2c(-c3cc(C(=O)O)ccc3C(=O)O)c3ccc(=[NH+]CC)cc-3oc2c1.[Cl-]. The van der Waals surface area contributed by atoms with E-state index in [-0.39, 0.29) is 23.5 Å². The average molecular weight is 669 g/mol. The van der Waals surface area contributed by atoms with Crippen LogP contribution < -0.4 is 28.1 Å². The summed E-state index contributed by atoms with van der Waals surface area (Å²) in [4.78, 5) is 31.7. The highest BCUT2D eigenvalue weighted by Crippen LogP contribution is 2.42. The predicted molar refractivity (Wildman–Crippen MR) is 188 cm³/mol. The molecule has 0 saturated carbocycles. The van der Waals surface area contributed by atoms with Gasteiger partial charge in [0.25, 0.3) is 0 Å². The minimum absolute atomic E-state index is 0. The van der Waals surface area contributed by atoms with Gasteiger partial charge in [-0.15, -0.1) is 0 Å². The van der Waals surface area contributed by atoms with Crippen molar-refractivity contribution in [2.75, 3.05) is 57.7 Å². The lowest BCUT2D eigenvalue weighted by molar-refractivity contribution is -0.496. The van der Waals surface area contributed by atoms with Crippen molar-refractivity contribution in [2.45, 2.75) is 55.4 Å². The third-order valence-electron chi connectivity index (χ3n) is 7.93. The van der Waals surface area contributed by atoms with E-state index in [4.69, 9.17) is 4.42 Å². The first kappa shape index (κ1) is 41.1. The van der Waals surface area contributed by atoms with Gasteiger partial charge in [0.1, 0.15) is 17.9 Å². The molecule has 0 unspecified atom stereocenters. The monoisotopic (exact) mass is 668 g/mol. The topological polar surface area (TPSA) is 120 Å². The molecule has 4 rings (SSSR count). The highest BCUT2D eigenvalue weighted by Gasteiger charge is 2.23. The van der Waals surface area contributed by atoms with Gasteiger partial charge in [-0.05, 0) is 95.1 Å². The number of halogens is 1. The molecule has 0 atom stereocenters. The number of fused-ring (bicyclic) bond motifs is 2. The van der Waals surface area contributed by atoms with Crippen LogP contribution in [0.3, 0.4) is 0 Å². The fourth-order valence-electron chi connectivity index (χ4n) is 5.22. The van der Waals surface area contributed by atoms with E-state index in [0.29, 0.717) is 33.4 Å². The first-order valence-corrected chi connectivity index (χ1v) is 16.5. The first-order valence-electron chi connectivity index (χ1n) is 16.5. The predicted octanol–water partition coefficient (Wildman–Crippen LogP) is 2.73. The Kier molecular flexibility index (Phi) is 18.4. The van der Waals surface area contributed by atoms with Crippen LogP contribution in [0.15, 0.2) is 59.0 Å². The molecule has 1 aliphatic carbocycles. The average Bonchev–Trinajstić information content (AvgIpc) is 3.05. The summed E-state index contributed by atoms with van der Waals surface area (Å²) in [6.07, 6.45) is 0. The summed E-state index contributed by atoms with van der Waals surface area (Å²) in [6.45, 7) is 25.7. The summed E-state index contributed by atoms with van der Waals surface area (Å²) in [5, 5.41) is 24.2. The quantitative estimate of drug-likeness (QED) is 0.170. The molecule has 2 aliphatic rings. The van der Waals surface area contributed by atoms with Crippen molar-refractivity contribution in [3.05, 3.63) is 71.1 Å². The van der Waals surface area contributed by atoms with E-state index in [0.717, 1.165) is 24.1 Å². The molecule has 1 aliphatic heterocycles. The van der Waals surface area contributed by atoms with Gasteiger partial charge < -0.3 is 42.2 Å². The van der Waals surface area contributed by atoms with Crippen molar-refractivity contribution in [1.29, 1.82) is 0 Å². The highest BCUT2D eigenvalue weighted by atomic mass is 35.5. The number of benzene rings is 3. The Hall–Kier alpha value is -3.92. The van der Waals surface area contributed by atoms with Crippen molar-refractivity contribution in [3.8, 4) is 22.5 Å². The highest BCUT2D eigenvalue weighted by molar-refractivity contribution is 6.09. The molecular weight excluding hydrogens is 616 g/mol. The van der Waals surface area contributed by atoms with Crippen LogP contribution in [0.2, 0.25) is 0 Å². The fourth-order valence-corrected chi connectivity index (χ4v) is 5.22. The molecule has 4 N–H and O–H groups in total. The van der Waals surface area contributed by atoms with E-state index in [1.807, 2.05) is 50.2 Å². The minimum atomic E-state index is -1.13. The van der Waals surface area contributed by atoms with Crippen LogP contribution in [0.5, 0.6) is 0 Å². The van der Waals surface area contributed by atoms with Crippen LogP contribution in [0.4, 0.5) is 5.69 Å². The Morgan fingerprint density at radius 2 is 1.32 bits per heavy atom. The largest absolute Gasteiger partial charge is 1.00 e. The fraction of sp³-hybridized carbons (Fsp3) is 0.432. The summed E-state index contributed by atoms with van der Waals surface area (Å²) in [6, 6.07) is 15.3. The lowest BCUT2D eigenvalue weighted by atomic mass is 9.89. The molecule has 0 spiro atoms. The van der Waals surface area contributed by atoms with Crippen molar-refractivity contribution >= 4 is 28.6 Å². The number of nitrogens with one attached hydrogen (secondary N) is 2. The first-order chi connectivity index (χ1) is 22.1. The summed E-state index contributed by atoms with van der Waals surface area (Å²) >= 11 is 0. The van der Waals surface area contributed by atoms with E-state index in [2.05, 4.69) is 61.7 Å². The van der Waals surface area contributed by atoms with Crippen molar-refractivity contribution in [1.82, 2.24) is 9.80 Å². The smallest absolute Gasteiger partial charge is 0.336 e. The van der Waals surface area contributed by atoms with Crippen LogP contribution in [-0.2, 0) is 0 Å². The lowest BCUT2D eigenvalue weighted by Gasteiger charge is -2.17. The second-order valence-electron chi connectivity index (χ2n) is 10.6. The van der Waals surface area contributed by atoms with Gasteiger partial charge in [-0.25, -0.2) is 14.6 Å². The number of aromatic carboxylic acids is 2. The lowest BCUT2D eigenvalue weighted by Crippen LogP contribution is -3.00. The minimum Gasteiger partial charge on any atom is -1.00 e. The summed E-state index contributed by atoms with van der Waals surface area (Å²) in [7, 11) is 0. The number of carboxylic acids is 2. The molecule has 9 nitrogen and oxygen atoms in total. The standard InChI is InChI=1S/C25H22N2O5.2C6H15N.ClH/c1-3-26-15-6-9-18-21(12-15)32-22-13-16(27-4-2)7-10-19(22)23(18)20-11-14(24(28)29)5-8-17(20)25(30)31;2*1-4-7(5-2)6-3;/h5-13,26H,3-4H2,1-2H3,(H,28,29)(H,30,31);2*4-6H2,1-3H3;1H. The Morgan fingerprint density at radius 1 is 0.723 bits per heavy atom. The molecule has 10 heteroatoms. The van der Waals surface area contributed by atoms with Gasteiger partial charge in [-0.3, -0.25) is 0 Å². The molecule has 0 saturated heterocycles. The molecule has 47 heavy (non-hydrogen) atoms. The number of hydrogen-bond acceptors (Lipinski definition) is 6. The van der Waals surface area contributed by atoms with E-state index >= 15 is 0 Å². The maximum absolute atomic E-state index is 12.0. The Bertz CT molecular complexity index is 1570. The van der Waals surface area contributed by atoms with E-state index in [9.17, 15) is 19.8 Å². The van der Waals surface area contributed by atoms with Gasteiger partial charge >= 0.3 is 11.9 Å². The molecule has 2 aromatic carbocycles. The molecule has 258 valence electrons. The molecule has 2 aromatic rings. The van der Waals surface area contributed by atoms with Gasteiger partial charge in [0.2, 0.25) is 5.36 Å². The number of anilines is 1. The zero-order chi connectivity index (χ0) is 34.2. The maximum Gasteiger partial charge on any atom is 0.336 e. The molecule has 1 heterocycles. The van der Waals surface area contributed by atoms with Gasteiger partial charge in [-0.1, -0.05) is 41.5 Å². The van der Waals surface area contributed by atoms with Crippen molar-refractivity contribution in [2.24, 2.45) is 0 Å². The summed E-state index contributed by atoms with van der Waals surface area (Å²) < 4.78 is 6.22. The number of rotatable bonds is 12. The van der Waals surface area contributed by atoms with Crippen LogP contribution in [0.25, 0.3) is 33.4 Å². The van der Waals surface area contributed by atoms with Gasteiger partial charge in [-0.2, -0.15) is 0 Å². The molecule has 0 aromatic heterocycles. The number of carboxylic acid groups (broad SMARTS) is 2. The molecule has 0 radical (unpaired) electrons. The van der Waals surface area contributed by atoms with Gasteiger partial charge in [0.05, 0.1) is 17.2 Å². The third-order valence-corrected chi connectivity index (χ3v) is 7.93. The van der Waals surface area contributed by atoms with E-state index in [1.54, 1.807) is 0 Å². The maximum atomic E-state index is 12.0. The summed E-state index contributed by atoms with van der Waals surface area (Å²) in [5.41, 5.74) is 3.12. The van der Waals surface area contributed by atoms with Crippen LogP contribution >= 0.6 is 0 Å². The number of hydrogen-bond donors (Lipinski definition) is 4. The van der Waals surface area contributed by atoms with E-state index in [1.165, 1.54) is 57.5 Å². The zero-order valence-corrected chi connectivity index (χ0v) is 30.0. The van der Waals surface area contributed by atoms with Crippen LogP contribution in [-0.4, -0.2) is 84.3 Å². The zero-order valence-electron chi connectivity index (χ0n) is 29.2. The van der Waals surface area contributed by atoms with E-state index < -0.39 is 11.9 Å². The van der Waals surface area contributed by atoms with Gasteiger partial charge in [0.15, 0.2) is 0 Å². The van der Waals surface area contributed by atoms with Gasteiger partial charge in [0, 0.05) is 40.9 Å². The molecule has 0 amide bonds. The summed E-state index contributed by atoms with van der Waals surface area (Å²) in [5.74, 6) is -1.69. The third kappa shape index (κ3) is 11.4. The van der Waals surface area contributed by atoms with Crippen molar-refractivity contribution < 1.29 is 41.6 Å². The second-order valence-corrected chi connectivity index (χ2v) is 10.6. The molecule has 0 fully saturated rings. The van der Waals surface area contributed by atoms with Crippen molar-refractivity contribution in [3.63, 3.8) is 0 Å². The second kappa shape index (κ2) is 21.1. The Balaban J connectivity index is 0.000000619. The molecule has 0 bridgehead atoms. The number of carbonyl (C=O) groups is 2. The van der Waals surface area contributed by atoms with Crippen LogP contribution in [0.1, 0.15) is 76.1 Å². The Labute approximate surface area is 286 Å². The van der Waals surface area contributed by atoms with Crippen LogP contribution in [0, 0.1) is 0 Å². The normalized spacial score (nSPS) is 11.1. The molecular formula is C37H53ClN4O5.